The van der Waals surface area contributed by atoms with Crippen LogP contribution in [0.3, 0.4) is 0 Å². The molecule has 0 aliphatic heterocycles. The maximum Gasteiger partial charge on any atom is 0.255 e. The number of hydrogen-bond acceptors (Lipinski definition) is 6. The van der Waals surface area contributed by atoms with Crippen LogP contribution >= 0.6 is 11.6 Å². The van der Waals surface area contributed by atoms with Crippen molar-refractivity contribution in [1.29, 1.82) is 0 Å². The highest BCUT2D eigenvalue weighted by Gasteiger charge is 2.17. The Morgan fingerprint density at radius 1 is 0.725 bits per heavy atom. The summed E-state index contributed by atoms with van der Waals surface area (Å²) in [6.07, 6.45) is 0. The average Bonchev–Trinajstić information content (AvgIpc) is 3.40. The maximum absolute atomic E-state index is 13.0. The van der Waals surface area contributed by atoms with Crippen molar-refractivity contribution < 1.29 is 23.8 Å². The number of nitrogens with zero attached hydrogens (tertiary/aromatic N) is 1. The fraction of sp³-hybridized carbons (Fsp3) is 0.100. The number of H-pyrrole nitrogens is 1. The summed E-state index contributed by atoms with van der Waals surface area (Å²) in [6, 6.07) is 22.6. The predicted molar refractivity (Wildman–Crippen MR) is 155 cm³/mol. The van der Waals surface area contributed by atoms with E-state index in [0.29, 0.717) is 50.6 Å². The van der Waals surface area contributed by atoms with Gasteiger partial charge in [0.2, 0.25) is 5.75 Å². The molecule has 5 rings (SSSR count). The molecule has 40 heavy (non-hydrogen) atoms. The van der Waals surface area contributed by atoms with Gasteiger partial charge in [-0.15, -0.1) is 0 Å². The van der Waals surface area contributed by atoms with Gasteiger partial charge in [-0.05, 0) is 78.9 Å². The Bertz CT molecular complexity index is 1670. The molecule has 0 aliphatic rings. The van der Waals surface area contributed by atoms with E-state index >= 15 is 0 Å². The Morgan fingerprint density at radius 3 is 1.95 bits per heavy atom. The molecule has 0 saturated carbocycles. The minimum absolute atomic E-state index is 0.228. The number of hydrogen-bond donors (Lipinski definition) is 3. The summed E-state index contributed by atoms with van der Waals surface area (Å²) in [5.41, 5.74) is 4.42. The lowest BCUT2D eigenvalue weighted by Crippen LogP contribution is -2.12. The van der Waals surface area contributed by atoms with Crippen LogP contribution in [0.15, 0.2) is 78.9 Å². The number of carbonyl (C=O) groups is 2. The Hall–Kier alpha value is -5.02. The van der Waals surface area contributed by atoms with E-state index in [9.17, 15) is 9.59 Å². The molecule has 202 valence electrons. The molecule has 1 heterocycles. The number of rotatable bonds is 8. The second kappa shape index (κ2) is 11.4. The number of methoxy groups -OCH3 is 3. The molecule has 3 N–H and O–H groups in total. The lowest BCUT2D eigenvalue weighted by molar-refractivity contribution is 0.101. The SMILES string of the molecule is COc1cc(C(=O)Nc2ccc3nc(-c4ccc(NC(=O)c5ccc(Cl)cc5)cc4)[nH]c3c2)cc(OC)c1OC. The Labute approximate surface area is 235 Å². The van der Waals surface area contributed by atoms with Crippen LogP contribution < -0.4 is 24.8 Å². The largest absolute Gasteiger partial charge is 0.493 e. The second-order valence-electron chi connectivity index (χ2n) is 8.72. The van der Waals surface area contributed by atoms with Crippen LogP contribution in [0.1, 0.15) is 20.7 Å². The van der Waals surface area contributed by atoms with Crippen molar-refractivity contribution in [1.82, 2.24) is 9.97 Å². The number of nitrogens with one attached hydrogen (secondary N) is 3. The molecule has 0 fully saturated rings. The normalized spacial score (nSPS) is 10.7. The third kappa shape index (κ3) is 5.55. The number of fused-ring (bicyclic) bond motifs is 1. The van der Waals surface area contributed by atoms with Gasteiger partial charge in [0.25, 0.3) is 11.8 Å². The van der Waals surface area contributed by atoms with E-state index < -0.39 is 0 Å². The van der Waals surface area contributed by atoms with E-state index in [1.54, 1.807) is 54.6 Å². The number of carbonyl (C=O) groups excluding carboxylic acids is 2. The van der Waals surface area contributed by atoms with Crippen LogP contribution in [-0.2, 0) is 0 Å². The first-order chi connectivity index (χ1) is 19.4. The fourth-order valence-electron chi connectivity index (χ4n) is 4.16. The number of aromatic amines is 1. The van der Waals surface area contributed by atoms with Gasteiger partial charge in [-0.1, -0.05) is 11.6 Å². The Balaban J connectivity index is 1.31. The minimum Gasteiger partial charge on any atom is -0.493 e. The molecule has 0 aliphatic carbocycles. The van der Waals surface area contributed by atoms with Crippen LogP contribution in [-0.4, -0.2) is 43.1 Å². The fourth-order valence-corrected chi connectivity index (χ4v) is 4.28. The van der Waals surface area contributed by atoms with Gasteiger partial charge in [-0.3, -0.25) is 9.59 Å². The Morgan fingerprint density at radius 2 is 1.32 bits per heavy atom. The molecule has 9 nitrogen and oxygen atoms in total. The molecule has 0 spiro atoms. The molecule has 5 aromatic rings. The number of ether oxygens (including phenoxy) is 3. The number of amides is 2. The molecule has 4 aromatic carbocycles. The number of aromatic nitrogens is 2. The zero-order chi connectivity index (χ0) is 28.2. The van der Waals surface area contributed by atoms with Crippen molar-refractivity contribution in [2.24, 2.45) is 0 Å². The smallest absolute Gasteiger partial charge is 0.255 e. The Kier molecular flexibility index (Phi) is 7.56. The highest BCUT2D eigenvalue weighted by Crippen LogP contribution is 2.38. The van der Waals surface area contributed by atoms with Gasteiger partial charge in [-0.25, -0.2) is 4.98 Å². The van der Waals surface area contributed by atoms with E-state index in [0.717, 1.165) is 16.6 Å². The van der Waals surface area contributed by atoms with E-state index in [-0.39, 0.29) is 11.8 Å². The lowest BCUT2D eigenvalue weighted by atomic mass is 10.1. The van der Waals surface area contributed by atoms with E-state index in [1.807, 2.05) is 24.3 Å². The van der Waals surface area contributed by atoms with Crippen LogP contribution in [0.4, 0.5) is 11.4 Å². The number of imidazole rings is 1. The van der Waals surface area contributed by atoms with Crippen LogP contribution in [0.5, 0.6) is 17.2 Å². The highest BCUT2D eigenvalue weighted by molar-refractivity contribution is 6.30. The van der Waals surface area contributed by atoms with Gasteiger partial charge in [-0.2, -0.15) is 0 Å². The third-order valence-corrected chi connectivity index (χ3v) is 6.44. The topological polar surface area (TPSA) is 115 Å². The molecule has 0 saturated heterocycles. The zero-order valence-electron chi connectivity index (χ0n) is 21.9. The number of anilines is 2. The van der Waals surface area contributed by atoms with Gasteiger partial charge in [0.05, 0.1) is 32.4 Å². The predicted octanol–water partition coefficient (Wildman–Crippen LogP) is 6.41. The quantitative estimate of drug-likeness (QED) is 0.203. The van der Waals surface area contributed by atoms with E-state index in [4.69, 9.17) is 25.8 Å². The van der Waals surface area contributed by atoms with Gasteiger partial charge in [0.15, 0.2) is 11.5 Å². The lowest BCUT2D eigenvalue weighted by Gasteiger charge is -2.14. The van der Waals surface area contributed by atoms with Crippen LogP contribution in [0.2, 0.25) is 5.02 Å². The summed E-state index contributed by atoms with van der Waals surface area (Å²) in [4.78, 5) is 33.4. The molecule has 0 unspecified atom stereocenters. The summed E-state index contributed by atoms with van der Waals surface area (Å²) in [5, 5.41) is 6.33. The summed E-state index contributed by atoms with van der Waals surface area (Å²) in [7, 11) is 4.49. The highest BCUT2D eigenvalue weighted by atomic mass is 35.5. The second-order valence-corrected chi connectivity index (χ2v) is 9.16. The average molecular weight is 557 g/mol. The van der Waals surface area contributed by atoms with Crippen molar-refractivity contribution >= 4 is 45.8 Å². The minimum atomic E-state index is -0.338. The maximum atomic E-state index is 13.0. The molecule has 0 atom stereocenters. The van der Waals surface area contributed by atoms with Crippen molar-refractivity contribution in [3.8, 4) is 28.6 Å². The molecular formula is C30H25ClN4O5. The standard InChI is InChI=1S/C30H25ClN4O5/c1-38-25-14-19(15-26(39-2)27(25)40-3)30(37)33-22-12-13-23-24(16-22)35-28(34-23)17-6-10-21(11-7-17)32-29(36)18-4-8-20(31)9-5-18/h4-16H,1-3H3,(H,32,36)(H,33,37)(H,34,35). The van der Waals surface area contributed by atoms with Gasteiger partial charge < -0.3 is 29.8 Å². The number of benzene rings is 4. The molecule has 1 aromatic heterocycles. The molecule has 0 radical (unpaired) electrons. The first-order valence-electron chi connectivity index (χ1n) is 12.2. The summed E-state index contributed by atoms with van der Waals surface area (Å²) >= 11 is 5.90. The van der Waals surface area contributed by atoms with Gasteiger partial charge in [0.1, 0.15) is 5.82 Å². The third-order valence-electron chi connectivity index (χ3n) is 6.19. The first kappa shape index (κ1) is 26.6. The first-order valence-corrected chi connectivity index (χ1v) is 12.5. The summed E-state index contributed by atoms with van der Waals surface area (Å²) in [6.45, 7) is 0. The van der Waals surface area contributed by atoms with E-state index in [1.165, 1.54) is 21.3 Å². The van der Waals surface area contributed by atoms with Gasteiger partial charge in [0, 0.05) is 33.1 Å². The van der Waals surface area contributed by atoms with Crippen molar-refractivity contribution in [3.05, 3.63) is 95.0 Å². The van der Waals surface area contributed by atoms with Crippen molar-refractivity contribution in [2.75, 3.05) is 32.0 Å². The molecule has 0 bridgehead atoms. The van der Waals surface area contributed by atoms with Crippen molar-refractivity contribution in [2.45, 2.75) is 0 Å². The van der Waals surface area contributed by atoms with Crippen LogP contribution in [0, 0.1) is 0 Å². The summed E-state index contributed by atoms with van der Waals surface area (Å²) < 4.78 is 16.0. The monoisotopic (exact) mass is 556 g/mol. The molecular weight excluding hydrogens is 532 g/mol. The zero-order valence-corrected chi connectivity index (χ0v) is 22.6. The van der Waals surface area contributed by atoms with E-state index in [2.05, 4.69) is 20.6 Å². The number of halogens is 1. The van der Waals surface area contributed by atoms with Gasteiger partial charge >= 0.3 is 0 Å². The molecule has 2 amide bonds. The van der Waals surface area contributed by atoms with Crippen LogP contribution in [0.25, 0.3) is 22.4 Å². The summed E-state index contributed by atoms with van der Waals surface area (Å²) in [5.74, 6) is 1.26. The molecule has 10 heteroatoms. The van der Waals surface area contributed by atoms with Crippen molar-refractivity contribution in [3.63, 3.8) is 0 Å².